The Bertz CT molecular complexity index is 681. The molecule has 4 N–H and O–H groups in total. The van der Waals surface area contributed by atoms with Crippen molar-refractivity contribution in [2.45, 2.75) is 6.92 Å². The first kappa shape index (κ1) is 14.9. The number of nitrogens with one attached hydrogen (secondary N) is 2. The monoisotopic (exact) mass is 295 g/mol. The van der Waals surface area contributed by atoms with E-state index in [1.807, 2.05) is 5.43 Å². The Kier molecular flexibility index (Phi) is 4.13. The molecule has 4 nitrogen and oxygen atoms in total. The molecule has 0 radical (unpaired) electrons. The highest BCUT2D eigenvalue weighted by atomic mass is 19.1. The first-order valence-electron chi connectivity index (χ1n) is 5.95. The van der Waals surface area contributed by atoms with Crippen molar-refractivity contribution in [1.29, 1.82) is 0 Å². The smallest absolute Gasteiger partial charge is 0.255 e. The van der Waals surface area contributed by atoms with Crippen LogP contribution in [0.25, 0.3) is 0 Å². The van der Waals surface area contributed by atoms with Crippen LogP contribution < -0.4 is 16.6 Å². The second kappa shape index (κ2) is 5.84. The van der Waals surface area contributed by atoms with Crippen molar-refractivity contribution in [2.24, 2.45) is 5.84 Å². The minimum atomic E-state index is -0.988. The average Bonchev–Trinajstić information content (AvgIpc) is 2.41. The highest BCUT2D eigenvalue weighted by Crippen LogP contribution is 2.21. The molecule has 7 heteroatoms. The van der Waals surface area contributed by atoms with Crippen LogP contribution in [0.1, 0.15) is 15.9 Å². The van der Waals surface area contributed by atoms with E-state index < -0.39 is 29.0 Å². The first-order chi connectivity index (χ1) is 9.92. The third-order valence-electron chi connectivity index (χ3n) is 2.89. The average molecular weight is 295 g/mol. The molecule has 0 atom stereocenters. The Balaban J connectivity index is 2.28. The molecule has 2 aromatic rings. The number of carbonyl (C=O) groups excluding carboxylic acids is 1. The van der Waals surface area contributed by atoms with E-state index in [0.717, 1.165) is 12.1 Å². The van der Waals surface area contributed by atoms with Crippen LogP contribution in [0.4, 0.5) is 24.5 Å². The number of aryl methyl sites for hydroxylation is 1. The number of hydrazine groups is 1. The Morgan fingerprint density at radius 1 is 1.10 bits per heavy atom. The Labute approximate surface area is 118 Å². The van der Waals surface area contributed by atoms with Gasteiger partial charge in [0, 0.05) is 11.3 Å². The molecular weight excluding hydrogens is 283 g/mol. The van der Waals surface area contributed by atoms with Crippen molar-refractivity contribution >= 4 is 17.3 Å². The van der Waals surface area contributed by atoms with Crippen LogP contribution in [0.5, 0.6) is 0 Å². The summed E-state index contributed by atoms with van der Waals surface area (Å²) in [5, 5.41) is 2.46. The summed E-state index contributed by atoms with van der Waals surface area (Å²) in [5.41, 5.74) is 1.97. The highest BCUT2D eigenvalue weighted by Gasteiger charge is 2.15. The molecule has 0 aliphatic rings. The lowest BCUT2D eigenvalue weighted by Crippen LogP contribution is -2.16. The van der Waals surface area contributed by atoms with Gasteiger partial charge < -0.3 is 10.7 Å². The maximum Gasteiger partial charge on any atom is 0.255 e. The normalized spacial score (nSPS) is 10.3. The van der Waals surface area contributed by atoms with Gasteiger partial charge in [0.25, 0.3) is 5.91 Å². The summed E-state index contributed by atoms with van der Waals surface area (Å²) in [6.45, 7) is 1.60. The molecule has 0 saturated carbocycles. The number of nitrogen functional groups attached to an aromatic ring is 1. The van der Waals surface area contributed by atoms with Gasteiger partial charge in [0.05, 0.1) is 0 Å². The largest absolute Gasteiger partial charge is 0.322 e. The predicted molar refractivity (Wildman–Crippen MR) is 73.3 cm³/mol. The van der Waals surface area contributed by atoms with Crippen molar-refractivity contribution in [1.82, 2.24) is 0 Å². The SMILES string of the molecule is Cc1cc(F)ccc1NC(=O)c1cc(F)c(NN)c(F)c1. The number of anilines is 2. The molecular formula is C14H12F3N3O. The van der Waals surface area contributed by atoms with Crippen LogP contribution >= 0.6 is 0 Å². The van der Waals surface area contributed by atoms with Crippen LogP contribution in [0.2, 0.25) is 0 Å². The number of hydrogen-bond donors (Lipinski definition) is 3. The molecule has 0 aliphatic carbocycles. The molecule has 2 aromatic carbocycles. The van der Waals surface area contributed by atoms with Crippen LogP contribution in [-0.4, -0.2) is 5.91 Å². The van der Waals surface area contributed by atoms with Crippen LogP contribution in [0, 0.1) is 24.4 Å². The molecule has 2 rings (SSSR count). The predicted octanol–water partition coefficient (Wildman–Crippen LogP) is 2.95. The highest BCUT2D eigenvalue weighted by molar-refractivity contribution is 6.04. The summed E-state index contributed by atoms with van der Waals surface area (Å²) in [5.74, 6) is 1.83. The first-order valence-corrected chi connectivity index (χ1v) is 5.95. The molecule has 0 heterocycles. The van der Waals surface area contributed by atoms with Gasteiger partial charge in [0.1, 0.15) is 11.5 Å². The third-order valence-corrected chi connectivity index (χ3v) is 2.89. The van der Waals surface area contributed by atoms with Gasteiger partial charge in [-0.1, -0.05) is 0 Å². The molecule has 0 bridgehead atoms. The molecule has 1 amide bonds. The van der Waals surface area contributed by atoms with E-state index in [1.165, 1.54) is 18.2 Å². The zero-order chi connectivity index (χ0) is 15.6. The molecule has 0 aromatic heterocycles. The lowest BCUT2D eigenvalue weighted by atomic mass is 10.1. The topological polar surface area (TPSA) is 67.2 Å². The molecule has 0 aliphatic heterocycles. The number of amides is 1. The molecule has 0 fully saturated rings. The molecule has 0 spiro atoms. The number of nitrogens with two attached hydrogens (primary N) is 1. The summed E-state index contributed by atoms with van der Waals surface area (Å²) in [6.07, 6.45) is 0. The van der Waals surface area contributed by atoms with Crippen LogP contribution in [0.15, 0.2) is 30.3 Å². The number of benzene rings is 2. The number of rotatable bonds is 3. The molecule has 0 saturated heterocycles. The maximum absolute atomic E-state index is 13.5. The maximum atomic E-state index is 13.5. The second-order valence-corrected chi connectivity index (χ2v) is 4.37. The van der Waals surface area contributed by atoms with E-state index in [4.69, 9.17) is 5.84 Å². The summed E-state index contributed by atoms with van der Waals surface area (Å²) < 4.78 is 40.0. The summed E-state index contributed by atoms with van der Waals surface area (Å²) in [6, 6.07) is 5.48. The number of carbonyl (C=O) groups is 1. The Hall–Kier alpha value is -2.54. The van der Waals surface area contributed by atoms with E-state index in [-0.39, 0.29) is 5.56 Å². The third kappa shape index (κ3) is 3.14. The molecule has 21 heavy (non-hydrogen) atoms. The standard InChI is InChI=1S/C14H12F3N3O/c1-7-4-9(15)2-3-12(7)19-14(21)8-5-10(16)13(20-18)11(17)6-8/h2-6,20H,18H2,1H3,(H,19,21). The van der Waals surface area contributed by atoms with E-state index in [0.29, 0.717) is 11.3 Å². The minimum absolute atomic E-state index is 0.215. The van der Waals surface area contributed by atoms with Gasteiger partial charge in [-0.15, -0.1) is 0 Å². The van der Waals surface area contributed by atoms with E-state index in [2.05, 4.69) is 5.32 Å². The van der Waals surface area contributed by atoms with Crippen molar-refractivity contribution in [3.8, 4) is 0 Å². The number of hydrogen-bond acceptors (Lipinski definition) is 3. The Morgan fingerprint density at radius 2 is 1.71 bits per heavy atom. The fourth-order valence-corrected chi connectivity index (χ4v) is 1.80. The van der Waals surface area contributed by atoms with Gasteiger partial charge in [-0.2, -0.15) is 0 Å². The van der Waals surface area contributed by atoms with Crippen molar-refractivity contribution in [3.05, 3.63) is 58.9 Å². The lowest BCUT2D eigenvalue weighted by Gasteiger charge is -2.10. The fourth-order valence-electron chi connectivity index (χ4n) is 1.80. The van der Waals surface area contributed by atoms with Crippen molar-refractivity contribution < 1.29 is 18.0 Å². The fraction of sp³-hybridized carbons (Fsp3) is 0.0714. The zero-order valence-corrected chi connectivity index (χ0v) is 11.0. The molecule has 0 unspecified atom stereocenters. The summed E-state index contributed by atoms with van der Waals surface area (Å²) in [7, 11) is 0. The van der Waals surface area contributed by atoms with Crippen LogP contribution in [0.3, 0.4) is 0 Å². The Morgan fingerprint density at radius 3 is 2.24 bits per heavy atom. The van der Waals surface area contributed by atoms with Gasteiger partial charge in [0.2, 0.25) is 0 Å². The summed E-state index contributed by atoms with van der Waals surface area (Å²) in [4.78, 5) is 12.0. The van der Waals surface area contributed by atoms with E-state index in [9.17, 15) is 18.0 Å². The summed E-state index contributed by atoms with van der Waals surface area (Å²) >= 11 is 0. The number of halogens is 3. The van der Waals surface area contributed by atoms with E-state index >= 15 is 0 Å². The zero-order valence-electron chi connectivity index (χ0n) is 11.0. The van der Waals surface area contributed by atoms with Gasteiger partial charge in [-0.05, 0) is 42.8 Å². The minimum Gasteiger partial charge on any atom is -0.322 e. The van der Waals surface area contributed by atoms with Gasteiger partial charge in [-0.3, -0.25) is 10.6 Å². The van der Waals surface area contributed by atoms with Crippen LogP contribution in [-0.2, 0) is 0 Å². The van der Waals surface area contributed by atoms with Crippen molar-refractivity contribution in [2.75, 3.05) is 10.7 Å². The quantitative estimate of drug-likeness (QED) is 0.602. The lowest BCUT2D eigenvalue weighted by molar-refractivity contribution is 0.102. The van der Waals surface area contributed by atoms with Gasteiger partial charge in [0.15, 0.2) is 11.6 Å². The van der Waals surface area contributed by atoms with E-state index in [1.54, 1.807) is 6.92 Å². The van der Waals surface area contributed by atoms with Crippen molar-refractivity contribution in [3.63, 3.8) is 0 Å². The van der Waals surface area contributed by atoms with Gasteiger partial charge in [-0.25, -0.2) is 13.2 Å². The second-order valence-electron chi connectivity index (χ2n) is 4.37. The molecule has 110 valence electrons. The van der Waals surface area contributed by atoms with Gasteiger partial charge >= 0.3 is 0 Å².